The van der Waals surface area contributed by atoms with Crippen LogP contribution in [0.5, 0.6) is 0 Å². The second-order valence-electron chi connectivity index (χ2n) is 4.70. The second-order valence-corrected chi connectivity index (χ2v) is 4.70. The fraction of sp³-hybridized carbons (Fsp3) is 0.615. The van der Waals surface area contributed by atoms with Gasteiger partial charge in [-0.05, 0) is 25.8 Å². The van der Waals surface area contributed by atoms with Crippen LogP contribution in [-0.2, 0) is 4.74 Å². The zero-order chi connectivity index (χ0) is 13.1. The molecule has 100 valence electrons. The fourth-order valence-corrected chi connectivity index (χ4v) is 2.44. The molecule has 5 nitrogen and oxygen atoms in total. The Bertz CT molecular complexity index is 416. The fourth-order valence-electron chi connectivity index (χ4n) is 2.44. The molecule has 0 saturated carbocycles. The molecule has 0 unspecified atom stereocenters. The van der Waals surface area contributed by atoms with Gasteiger partial charge in [-0.15, -0.1) is 0 Å². The van der Waals surface area contributed by atoms with Gasteiger partial charge in [0.2, 0.25) is 0 Å². The van der Waals surface area contributed by atoms with Gasteiger partial charge in [0.1, 0.15) is 0 Å². The predicted octanol–water partition coefficient (Wildman–Crippen LogP) is 1.17. The van der Waals surface area contributed by atoms with Crippen LogP contribution in [-0.4, -0.2) is 43.2 Å². The van der Waals surface area contributed by atoms with Crippen molar-refractivity contribution in [2.75, 3.05) is 20.2 Å². The quantitative estimate of drug-likeness (QED) is 0.876. The number of methoxy groups -OCH3 is 1. The van der Waals surface area contributed by atoms with Gasteiger partial charge in [-0.25, -0.2) is 0 Å². The van der Waals surface area contributed by atoms with E-state index in [4.69, 9.17) is 14.9 Å². The van der Waals surface area contributed by atoms with Crippen LogP contribution >= 0.6 is 0 Å². The molecular formula is C13H20N2O3. The summed E-state index contributed by atoms with van der Waals surface area (Å²) in [5.74, 6) is 0.354. The van der Waals surface area contributed by atoms with Gasteiger partial charge in [0.05, 0.1) is 12.4 Å². The number of likely N-dealkylation sites (tertiary alicyclic amines) is 1. The molecule has 1 aromatic heterocycles. The highest BCUT2D eigenvalue weighted by Gasteiger charge is 2.32. The molecule has 1 aliphatic rings. The Morgan fingerprint density at radius 2 is 2.44 bits per heavy atom. The molecule has 1 saturated heterocycles. The Morgan fingerprint density at radius 1 is 1.67 bits per heavy atom. The van der Waals surface area contributed by atoms with Gasteiger partial charge >= 0.3 is 0 Å². The van der Waals surface area contributed by atoms with E-state index >= 15 is 0 Å². The first-order valence-electron chi connectivity index (χ1n) is 6.25. The molecule has 0 radical (unpaired) electrons. The number of rotatable bonds is 3. The number of carbonyl (C=O) groups excluding carboxylic acids is 1. The molecule has 0 aliphatic carbocycles. The standard InChI is InChI=1S/C13H20N2O3/c1-9-4-6-18-12(9)13(16)15-5-3-11(17-2)7-10(15)8-14/h4,6,10-11H,3,5,7-8,14H2,1-2H3/t10-,11-/m1/s1. The number of carbonyl (C=O) groups is 1. The highest BCUT2D eigenvalue weighted by molar-refractivity contribution is 5.93. The molecule has 0 spiro atoms. The summed E-state index contributed by atoms with van der Waals surface area (Å²) in [6.45, 7) is 2.99. The number of piperidine rings is 1. The molecule has 0 aromatic carbocycles. The summed E-state index contributed by atoms with van der Waals surface area (Å²) >= 11 is 0. The molecule has 2 heterocycles. The van der Waals surface area contributed by atoms with Crippen LogP contribution in [0.2, 0.25) is 0 Å². The lowest BCUT2D eigenvalue weighted by molar-refractivity contribution is 0.0124. The number of amides is 1. The molecule has 18 heavy (non-hydrogen) atoms. The topological polar surface area (TPSA) is 68.7 Å². The molecule has 1 aliphatic heterocycles. The third-order valence-corrected chi connectivity index (χ3v) is 3.59. The van der Waals surface area contributed by atoms with Crippen molar-refractivity contribution in [3.05, 3.63) is 23.7 Å². The van der Waals surface area contributed by atoms with Gasteiger partial charge in [0.25, 0.3) is 5.91 Å². The van der Waals surface area contributed by atoms with E-state index in [-0.39, 0.29) is 18.1 Å². The summed E-state index contributed by atoms with van der Waals surface area (Å²) in [6.07, 6.45) is 3.37. The van der Waals surface area contributed by atoms with Gasteiger partial charge in [-0.3, -0.25) is 4.79 Å². The molecule has 2 atom stereocenters. The number of hydrogen-bond acceptors (Lipinski definition) is 4. The Morgan fingerprint density at radius 3 is 3.00 bits per heavy atom. The van der Waals surface area contributed by atoms with Gasteiger partial charge in [0.15, 0.2) is 5.76 Å². The van der Waals surface area contributed by atoms with E-state index in [2.05, 4.69) is 0 Å². The van der Waals surface area contributed by atoms with Gasteiger partial charge in [0, 0.05) is 31.8 Å². The van der Waals surface area contributed by atoms with Crippen molar-refractivity contribution < 1.29 is 13.9 Å². The van der Waals surface area contributed by atoms with Gasteiger partial charge < -0.3 is 19.8 Å². The highest BCUT2D eigenvalue weighted by Crippen LogP contribution is 2.22. The first kappa shape index (κ1) is 13.1. The zero-order valence-corrected chi connectivity index (χ0v) is 10.9. The predicted molar refractivity (Wildman–Crippen MR) is 67.4 cm³/mol. The molecule has 2 rings (SSSR count). The van der Waals surface area contributed by atoms with Crippen LogP contribution in [0.1, 0.15) is 29.0 Å². The average Bonchev–Trinajstić information content (AvgIpc) is 2.83. The Hall–Kier alpha value is -1.33. The first-order chi connectivity index (χ1) is 8.67. The van der Waals surface area contributed by atoms with E-state index in [9.17, 15) is 4.79 Å². The third-order valence-electron chi connectivity index (χ3n) is 3.59. The average molecular weight is 252 g/mol. The van der Waals surface area contributed by atoms with Gasteiger partial charge in [-0.2, -0.15) is 0 Å². The monoisotopic (exact) mass is 252 g/mol. The largest absolute Gasteiger partial charge is 0.459 e. The third kappa shape index (κ3) is 2.42. The van der Waals surface area contributed by atoms with E-state index in [1.54, 1.807) is 24.3 Å². The van der Waals surface area contributed by atoms with Gasteiger partial charge in [-0.1, -0.05) is 0 Å². The minimum atomic E-state index is -0.0671. The minimum Gasteiger partial charge on any atom is -0.459 e. The minimum absolute atomic E-state index is 0.0284. The van der Waals surface area contributed by atoms with Crippen LogP contribution in [0.4, 0.5) is 0 Å². The highest BCUT2D eigenvalue weighted by atomic mass is 16.5. The lowest BCUT2D eigenvalue weighted by atomic mass is 9.98. The second kappa shape index (κ2) is 5.54. The van der Waals surface area contributed by atoms with E-state index in [1.165, 1.54) is 0 Å². The number of nitrogens with zero attached hydrogens (tertiary/aromatic N) is 1. The maximum absolute atomic E-state index is 12.4. The lowest BCUT2D eigenvalue weighted by Gasteiger charge is -2.38. The number of nitrogens with two attached hydrogens (primary N) is 1. The van der Waals surface area contributed by atoms with Crippen molar-refractivity contribution in [1.82, 2.24) is 4.90 Å². The molecule has 1 amide bonds. The summed E-state index contributed by atoms with van der Waals surface area (Å²) in [4.78, 5) is 14.2. The van der Waals surface area contributed by atoms with E-state index in [0.29, 0.717) is 18.8 Å². The Balaban J connectivity index is 2.13. The summed E-state index contributed by atoms with van der Waals surface area (Å²) in [7, 11) is 1.70. The molecule has 1 fully saturated rings. The van der Waals surface area contributed by atoms with Crippen molar-refractivity contribution in [3.8, 4) is 0 Å². The van der Waals surface area contributed by atoms with Crippen molar-refractivity contribution >= 4 is 5.91 Å². The van der Waals surface area contributed by atoms with Crippen LogP contribution < -0.4 is 5.73 Å². The zero-order valence-electron chi connectivity index (χ0n) is 10.9. The van der Waals surface area contributed by atoms with Crippen molar-refractivity contribution in [2.24, 2.45) is 5.73 Å². The SMILES string of the molecule is CO[C@@H]1CCN(C(=O)c2occc2C)[C@@H](CN)C1. The van der Waals surface area contributed by atoms with Crippen molar-refractivity contribution in [1.29, 1.82) is 0 Å². The van der Waals surface area contributed by atoms with Crippen LogP contribution in [0.3, 0.4) is 0 Å². The summed E-state index contributed by atoms with van der Waals surface area (Å²) in [6, 6.07) is 1.83. The summed E-state index contributed by atoms with van der Waals surface area (Å²) < 4.78 is 10.6. The normalized spacial score (nSPS) is 24.3. The summed E-state index contributed by atoms with van der Waals surface area (Å²) in [5.41, 5.74) is 6.63. The molecule has 5 heteroatoms. The van der Waals surface area contributed by atoms with Crippen LogP contribution in [0.25, 0.3) is 0 Å². The molecular weight excluding hydrogens is 232 g/mol. The number of ether oxygens (including phenoxy) is 1. The van der Waals surface area contributed by atoms with E-state index in [0.717, 1.165) is 18.4 Å². The lowest BCUT2D eigenvalue weighted by Crippen LogP contribution is -2.51. The Kier molecular flexibility index (Phi) is 4.04. The first-order valence-corrected chi connectivity index (χ1v) is 6.25. The molecule has 2 N–H and O–H groups in total. The van der Waals surface area contributed by atoms with Crippen LogP contribution in [0.15, 0.2) is 16.7 Å². The summed E-state index contributed by atoms with van der Waals surface area (Å²) in [5, 5.41) is 0. The maximum Gasteiger partial charge on any atom is 0.290 e. The van der Waals surface area contributed by atoms with Crippen molar-refractivity contribution in [3.63, 3.8) is 0 Å². The number of furan rings is 1. The number of aryl methyl sites for hydroxylation is 1. The Labute approximate surface area is 107 Å². The van der Waals surface area contributed by atoms with Crippen molar-refractivity contribution in [2.45, 2.75) is 31.9 Å². The maximum atomic E-state index is 12.4. The van der Waals surface area contributed by atoms with Crippen LogP contribution in [0, 0.1) is 6.92 Å². The molecule has 0 bridgehead atoms. The molecule has 1 aromatic rings. The number of hydrogen-bond donors (Lipinski definition) is 1. The van der Waals surface area contributed by atoms with E-state index < -0.39 is 0 Å². The smallest absolute Gasteiger partial charge is 0.290 e. The van der Waals surface area contributed by atoms with E-state index in [1.807, 2.05) is 6.92 Å².